The number of rotatable bonds is 7. The van der Waals surface area contributed by atoms with E-state index < -0.39 is 17.5 Å². The minimum Gasteiger partial charge on any atom is -0.469 e. The monoisotopic (exact) mass is 374 g/mol. The number of methoxy groups -OCH3 is 2. The highest BCUT2D eigenvalue weighted by molar-refractivity contribution is 5.92. The van der Waals surface area contributed by atoms with Crippen LogP contribution in [0.2, 0.25) is 0 Å². The van der Waals surface area contributed by atoms with E-state index in [2.05, 4.69) is 15.7 Å². The molecule has 0 saturated heterocycles. The van der Waals surface area contributed by atoms with Crippen LogP contribution in [0.3, 0.4) is 0 Å². The number of carbonyl (C=O) groups excluding carboxylic acids is 2. The molecule has 146 valence electrons. The maximum atomic E-state index is 12.6. The standard InChI is InChI=1S/C19H26N4O4/c1-13-10-14(2)23(22-13)16-9-7-6-8-15(16)20-18(25)21-19(3,12-26-4)11-17(24)27-5/h6-10H,11-12H2,1-5H3,(H2,20,21,25)/t19-/m1/s1. The molecule has 2 N–H and O–H groups in total. The zero-order valence-corrected chi connectivity index (χ0v) is 16.3. The fourth-order valence-electron chi connectivity index (χ4n) is 2.91. The van der Waals surface area contributed by atoms with E-state index in [1.165, 1.54) is 14.2 Å². The Hall–Kier alpha value is -2.87. The molecule has 2 aromatic rings. The second kappa shape index (κ2) is 8.68. The second-order valence-corrected chi connectivity index (χ2v) is 6.68. The molecule has 1 atom stereocenters. The summed E-state index contributed by atoms with van der Waals surface area (Å²) in [4.78, 5) is 24.2. The van der Waals surface area contributed by atoms with E-state index in [1.54, 1.807) is 17.7 Å². The number of para-hydroxylation sites is 2. The van der Waals surface area contributed by atoms with Crippen molar-refractivity contribution in [3.8, 4) is 5.69 Å². The number of ether oxygens (including phenoxy) is 2. The molecule has 0 radical (unpaired) electrons. The first-order valence-corrected chi connectivity index (χ1v) is 8.55. The number of hydrogen-bond donors (Lipinski definition) is 2. The van der Waals surface area contributed by atoms with Crippen molar-refractivity contribution in [3.05, 3.63) is 41.7 Å². The zero-order chi connectivity index (χ0) is 20.0. The lowest BCUT2D eigenvalue weighted by Crippen LogP contribution is -2.52. The van der Waals surface area contributed by atoms with Gasteiger partial charge < -0.3 is 20.1 Å². The van der Waals surface area contributed by atoms with E-state index in [9.17, 15) is 9.59 Å². The summed E-state index contributed by atoms with van der Waals surface area (Å²) in [7, 11) is 2.81. The number of hydrogen-bond acceptors (Lipinski definition) is 5. The number of aryl methyl sites for hydroxylation is 2. The maximum absolute atomic E-state index is 12.6. The summed E-state index contributed by atoms with van der Waals surface area (Å²) < 4.78 is 11.6. The van der Waals surface area contributed by atoms with E-state index in [0.29, 0.717) is 5.69 Å². The third kappa shape index (κ3) is 5.30. The number of amides is 2. The number of nitrogens with one attached hydrogen (secondary N) is 2. The van der Waals surface area contributed by atoms with Crippen molar-refractivity contribution in [2.45, 2.75) is 32.7 Å². The summed E-state index contributed by atoms with van der Waals surface area (Å²) in [5.41, 5.74) is 2.28. The Kier molecular flexibility index (Phi) is 6.57. The molecular formula is C19H26N4O4. The van der Waals surface area contributed by atoms with Gasteiger partial charge >= 0.3 is 12.0 Å². The van der Waals surface area contributed by atoms with Crippen molar-refractivity contribution < 1.29 is 19.1 Å². The van der Waals surface area contributed by atoms with E-state index in [0.717, 1.165) is 17.1 Å². The molecule has 0 saturated carbocycles. The van der Waals surface area contributed by atoms with Crippen molar-refractivity contribution >= 4 is 17.7 Å². The molecule has 0 aliphatic heterocycles. The molecule has 0 aliphatic carbocycles. The smallest absolute Gasteiger partial charge is 0.319 e. The lowest BCUT2D eigenvalue weighted by molar-refractivity contribution is -0.142. The Morgan fingerprint density at radius 1 is 1.22 bits per heavy atom. The van der Waals surface area contributed by atoms with Crippen LogP contribution in [0, 0.1) is 13.8 Å². The minimum atomic E-state index is -0.904. The molecule has 2 amide bonds. The number of nitrogens with zero attached hydrogens (tertiary/aromatic N) is 2. The Morgan fingerprint density at radius 3 is 2.52 bits per heavy atom. The van der Waals surface area contributed by atoms with E-state index in [1.807, 2.05) is 38.1 Å². The van der Waals surface area contributed by atoms with Crippen LogP contribution in [-0.2, 0) is 14.3 Å². The molecule has 8 heteroatoms. The summed E-state index contributed by atoms with van der Waals surface area (Å²) in [6, 6.07) is 8.88. The second-order valence-electron chi connectivity index (χ2n) is 6.68. The fraction of sp³-hybridized carbons (Fsp3) is 0.421. The molecule has 0 fully saturated rings. The zero-order valence-electron chi connectivity index (χ0n) is 16.3. The number of carbonyl (C=O) groups is 2. The lowest BCUT2D eigenvalue weighted by atomic mass is 9.99. The number of urea groups is 1. The van der Waals surface area contributed by atoms with Gasteiger partial charge in [0.05, 0.1) is 42.7 Å². The van der Waals surface area contributed by atoms with Crippen LogP contribution in [0.1, 0.15) is 24.7 Å². The Labute approximate surface area is 158 Å². The van der Waals surface area contributed by atoms with Crippen molar-refractivity contribution in [2.24, 2.45) is 0 Å². The fourth-order valence-corrected chi connectivity index (χ4v) is 2.91. The first-order chi connectivity index (χ1) is 12.8. The third-order valence-electron chi connectivity index (χ3n) is 4.03. The molecule has 1 aromatic carbocycles. The van der Waals surface area contributed by atoms with Gasteiger partial charge in [0.1, 0.15) is 0 Å². The molecule has 1 aromatic heterocycles. The summed E-state index contributed by atoms with van der Waals surface area (Å²) in [6.07, 6.45) is -0.0101. The van der Waals surface area contributed by atoms with E-state index in [-0.39, 0.29) is 13.0 Å². The highest BCUT2D eigenvalue weighted by Crippen LogP contribution is 2.22. The first kappa shape index (κ1) is 20.4. The van der Waals surface area contributed by atoms with Crippen molar-refractivity contribution in [1.29, 1.82) is 0 Å². The quantitative estimate of drug-likeness (QED) is 0.727. The van der Waals surface area contributed by atoms with Crippen LogP contribution in [-0.4, -0.2) is 48.1 Å². The van der Waals surface area contributed by atoms with Crippen LogP contribution in [0.25, 0.3) is 5.69 Å². The molecule has 0 unspecified atom stereocenters. The normalized spacial score (nSPS) is 12.9. The van der Waals surface area contributed by atoms with E-state index >= 15 is 0 Å². The average Bonchev–Trinajstić information content (AvgIpc) is 2.93. The van der Waals surface area contributed by atoms with Crippen LogP contribution >= 0.6 is 0 Å². The van der Waals surface area contributed by atoms with Gasteiger partial charge in [-0.25, -0.2) is 9.48 Å². The van der Waals surface area contributed by atoms with Crippen molar-refractivity contribution in [1.82, 2.24) is 15.1 Å². The minimum absolute atomic E-state index is 0.0101. The molecule has 0 bridgehead atoms. The van der Waals surface area contributed by atoms with Gasteiger partial charge in [-0.3, -0.25) is 4.79 Å². The molecule has 27 heavy (non-hydrogen) atoms. The number of benzene rings is 1. The molecule has 0 aliphatic rings. The predicted octanol–water partition coefficient (Wildman–Crippen LogP) is 2.58. The third-order valence-corrected chi connectivity index (χ3v) is 4.03. The first-order valence-electron chi connectivity index (χ1n) is 8.55. The number of aromatic nitrogens is 2. The van der Waals surface area contributed by atoms with Gasteiger partial charge in [-0.2, -0.15) is 5.10 Å². The van der Waals surface area contributed by atoms with Crippen LogP contribution < -0.4 is 10.6 Å². The molecule has 1 heterocycles. The maximum Gasteiger partial charge on any atom is 0.319 e. The molecule has 0 spiro atoms. The van der Waals surface area contributed by atoms with Gasteiger partial charge in [0.25, 0.3) is 0 Å². The summed E-state index contributed by atoms with van der Waals surface area (Å²) in [5, 5.41) is 10.1. The van der Waals surface area contributed by atoms with Gasteiger partial charge in [0, 0.05) is 12.8 Å². The lowest BCUT2D eigenvalue weighted by Gasteiger charge is -2.29. The van der Waals surface area contributed by atoms with Crippen molar-refractivity contribution in [2.75, 3.05) is 26.1 Å². The van der Waals surface area contributed by atoms with Crippen LogP contribution in [0.5, 0.6) is 0 Å². The SMILES string of the molecule is COC[C@@](C)(CC(=O)OC)NC(=O)Nc1ccccc1-n1nc(C)cc1C. The Morgan fingerprint density at radius 2 is 1.93 bits per heavy atom. The highest BCUT2D eigenvalue weighted by Gasteiger charge is 2.30. The molecule has 2 rings (SSSR count). The van der Waals surface area contributed by atoms with Crippen LogP contribution in [0.4, 0.5) is 10.5 Å². The highest BCUT2D eigenvalue weighted by atomic mass is 16.5. The summed E-state index contributed by atoms with van der Waals surface area (Å²) in [5.74, 6) is -0.433. The van der Waals surface area contributed by atoms with Gasteiger partial charge in [-0.1, -0.05) is 12.1 Å². The van der Waals surface area contributed by atoms with Gasteiger partial charge in [-0.05, 0) is 39.0 Å². The largest absolute Gasteiger partial charge is 0.469 e. The molecular weight excluding hydrogens is 348 g/mol. The van der Waals surface area contributed by atoms with E-state index in [4.69, 9.17) is 9.47 Å². The topological polar surface area (TPSA) is 94.5 Å². The number of anilines is 1. The molecule has 8 nitrogen and oxygen atoms in total. The van der Waals surface area contributed by atoms with Crippen LogP contribution in [0.15, 0.2) is 30.3 Å². The van der Waals surface area contributed by atoms with Gasteiger partial charge in [-0.15, -0.1) is 0 Å². The average molecular weight is 374 g/mol. The predicted molar refractivity (Wildman–Crippen MR) is 102 cm³/mol. The summed E-state index contributed by atoms with van der Waals surface area (Å²) >= 11 is 0. The van der Waals surface area contributed by atoms with Gasteiger partial charge in [0.15, 0.2) is 0 Å². The van der Waals surface area contributed by atoms with Gasteiger partial charge in [0.2, 0.25) is 0 Å². The Bertz CT molecular complexity index is 818. The number of esters is 1. The Balaban J connectivity index is 2.20. The summed E-state index contributed by atoms with van der Waals surface area (Å²) in [6.45, 7) is 5.74. The van der Waals surface area contributed by atoms with Crippen molar-refractivity contribution in [3.63, 3.8) is 0 Å².